The first kappa shape index (κ1) is 31.5. The van der Waals surface area contributed by atoms with E-state index in [2.05, 4.69) is 20.2 Å². The van der Waals surface area contributed by atoms with Gasteiger partial charge in [-0.05, 0) is 78.7 Å². The van der Waals surface area contributed by atoms with Crippen LogP contribution < -0.4 is 10.2 Å². The van der Waals surface area contributed by atoms with Crippen LogP contribution in [0, 0.1) is 5.82 Å². The summed E-state index contributed by atoms with van der Waals surface area (Å²) in [4.78, 5) is 34.9. The number of aromatic amines is 2. The van der Waals surface area contributed by atoms with E-state index in [0.717, 1.165) is 59.3 Å². The summed E-state index contributed by atoms with van der Waals surface area (Å²) < 4.78 is 21.5. The first-order valence-corrected chi connectivity index (χ1v) is 16.8. The molecular weight excluding hydrogens is 621 g/mol. The van der Waals surface area contributed by atoms with Crippen LogP contribution in [0.2, 0.25) is 0 Å². The zero-order valence-corrected chi connectivity index (χ0v) is 26.7. The van der Waals surface area contributed by atoms with Crippen molar-refractivity contribution in [2.75, 3.05) is 45.9 Å². The molecule has 5 N–H and O–H groups in total. The van der Waals surface area contributed by atoms with Crippen molar-refractivity contribution >= 4 is 38.4 Å². The number of morpholine rings is 1. The number of phenols is 1. The maximum Gasteiger partial charge on any atom is 0.305 e. The molecule has 3 aromatic carbocycles. The lowest BCUT2D eigenvalue weighted by Crippen LogP contribution is -2.57. The summed E-state index contributed by atoms with van der Waals surface area (Å²) in [5.41, 5.74) is 3.94. The van der Waals surface area contributed by atoms with E-state index in [0.29, 0.717) is 60.6 Å². The Morgan fingerprint density at radius 1 is 1.09 bits per heavy atom. The fourth-order valence-corrected chi connectivity index (χ4v) is 7.82. The zero-order chi connectivity index (χ0) is 32.5. The number of carbonyl (C=O) groups excluding carboxylic acids is 1. The quantitative estimate of drug-likeness (QED) is 0.149. The summed E-state index contributed by atoms with van der Waals surface area (Å²) in [6.07, 6.45) is 3.18. The van der Waals surface area contributed by atoms with Gasteiger partial charge in [-0.1, -0.05) is 29.5 Å². The average molecular weight is 660 g/mol. The number of halogens is 1. The molecule has 2 aromatic heterocycles. The van der Waals surface area contributed by atoms with Gasteiger partial charge in [0, 0.05) is 55.6 Å². The first-order chi connectivity index (χ1) is 22.7. The fraction of sp³-hybridized carbons (Fsp3) is 0.371. The van der Waals surface area contributed by atoms with Crippen LogP contribution in [0.25, 0.3) is 21.1 Å². The molecule has 1 atom stereocenters. The highest BCUT2D eigenvalue weighted by Gasteiger charge is 2.41. The third-order valence-electron chi connectivity index (χ3n) is 9.40. The number of H-pyrrole nitrogens is 2. The molecule has 0 unspecified atom stereocenters. The van der Waals surface area contributed by atoms with Crippen LogP contribution in [0.3, 0.4) is 0 Å². The molecule has 2 aliphatic heterocycles. The Labute approximate surface area is 274 Å². The van der Waals surface area contributed by atoms with Crippen LogP contribution in [-0.2, 0) is 17.7 Å². The molecule has 0 saturated carbocycles. The van der Waals surface area contributed by atoms with Crippen molar-refractivity contribution in [3.63, 3.8) is 0 Å². The second-order valence-electron chi connectivity index (χ2n) is 12.6. The van der Waals surface area contributed by atoms with Gasteiger partial charge in [0.25, 0.3) is 5.91 Å². The molecule has 1 amide bonds. The number of nitrogens with zero attached hydrogens (tertiary/aromatic N) is 2. The van der Waals surface area contributed by atoms with Gasteiger partial charge in [0.05, 0.1) is 29.6 Å². The molecule has 4 heterocycles. The van der Waals surface area contributed by atoms with Crippen molar-refractivity contribution < 1.29 is 24.1 Å². The summed E-state index contributed by atoms with van der Waals surface area (Å²) in [5.74, 6) is -0.280. The number of nitrogens with one attached hydrogen (secondary N) is 3. The topological polar surface area (TPSA) is 134 Å². The van der Waals surface area contributed by atoms with E-state index < -0.39 is 6.10 Å². The summed E-state index contributed by atoms with van der Waals surface area (Å²) in [6.45, 7) is 4.65. The van der Waals surface area contributed by atoms with Gasteiger partial charge in [-0.25, -0.2) is 4.39 Å². The summed E-state index contributed by atoms with van der Waals surface area (Å²) in [5, 5.41) is 25.1. The smallest absolute Gasteiger partial charge is 0.305 e. The lowest BCUT2D eigenvalue weighted by atomic mass is 9.88. The highest BCUT2D eigenvalue weighted by Crippen LogP contribution is 2.33. The number of piperidine rings is 1. The molecule has 47 heavy (non-hydrogen) atoms. The second-order valence-corrected chi connectivity index (χ2v) is 13.6. The van der Waals surface area contributed by atoms with Gasteiger partial charge >= 0.3 is 4.87 Å². The van der Waals surface area contributed by atoms with Crippen LogP contribution in [0.5, 0.6) is 5.75 Å². The minimum Gasteiger partial charge on any atom is -0.506 e. The maximum atomic E-state index is 14.6. The number of aromatic hydroxyl groups is 1. The Morgan fingerprint density at radius 3 is 2.77 bits per heavy atom. The van der Waals surface area contributed by atoms with Crippen LogP contribution in [0.1, 0.15) is 46.0 Å². The van der Waals surface area contributed by atoms with Gasteiger partial charge in [0.15, 0.2) is 0 Å². The number of rotatable bonds is 9. The standard InChI is InChI=1S/C35H38FN5O5S/c36-26-16-22(5-9-37-19-30(43)27-3-4-29(42)31-32(27)47-34(45)39-31)15-23(17-26)20-40-11-7-35(8-12-40)21-41(13-14-46-35)33(44)25-2-1-24-6-10-38-28(24)18-25/h1-4,6,10,15-18,30,37-38,42-43H,5,7-9,11-14,19-21H2,(H,39,45)/t30-/m0/s1. The fourth-order valence-electron chi connectivity index (χ4n) is 6.90. The summed E-state index contributed by atoms with van der Waals surface area (Å²) in [6, 6.07) is 16.0. The summed E-state index contributed by atoms with van der Waals surface area (Å²) in [7, 11) is 0. The number of aliphatic hydroxyl groups is 1. The van der Waals surface area contributed by atoms with Gasteiger partial charge in [0.1, 0.15) is 17.1 Å². The van der Waals surface area contributed by atoms with E-state index in [1.165, 1.54) is 6.07 Å². The number of fused-ring (bicyclic) bond motifs is 2. The molecule has 10 nitrogen and oxygen atoms in total. The predicted octanol–water partition coefficient (Wildman–Crippen LogP) is 4.29. The maximum absolute atomic E-state index is 14.6. The summed E-state index contributed by atoms with van der Waals surface area (Å²) >= 11 is 0.954. The third-order valence-corrected chi connectivity index (χ3v) is 10.3. The monoisotopic (exact) mass is 659 g/mol. The zero-order valence-electron chi connectivity index (χ0n) is 25.9. The van der Waals surface area contributed by atoms with Gasteiger partial charge in [-0.2, -0.15) is 0 Å². The Balaban J connectivity index is 0.905. The number of aliphatic hydroxyl groups excluding tert-OH is 1. The lowest BCUT2D eigenvalue weighted by molar-refractivity contribution is -0.127. The number of hydrogen-bond acceptors (Lipinski definition) is 8. The van der Waals surface area contributed by atoms with Crippen molar-refractivity contribution in [2.45, 2.75) is 37.5 Å². The van der Waals surface area contributed by atoms with E-state index in [1.807, 2.05) is 41.4 Å². The van der Waals surface area contributed by atoms with Crippen LogP contribution in [-0.4, -0.2) is 87.4 Å². The molecule has 0 aliphatic carbocycles. The molecule has 246 valence electrons. The van der Waals surface area contributed by atoms with E-state index in [4.69, 9.17) is 4.74 Å². The molecule has 2 saturated heterocycles. The van der Waals surface area contributed by atoms with Crippen molar-refractivity contribution in [1.82, 2.24) is 25.1 Å². The highest BCUT2D eigenvalue weighted by molar-refractivity contribution is 7.16. The number of benzene rings is 3. The van der Waals surface area contributed by atoms with Crippen molar-refractivity contribution in [3.05, 3.63) is 98.5 Å². The predicted molar refractivity (Wildman–Crippen MR) is 179 cm³/mol. The van der Waals surface area contributed by atoms with Crippen molar-refractivity contribution in [3.8, 4) is 5.75 Å². The number of thiazole rings is 1. The SMILES string of the molecule is O=C(c1ccc2cc[nH]c2c1)N1CCOC2(CCN(Cc3cc(F)cc(CCNC[C@H](O)c4ccc(O)c5[nH]c(=O)sc45)c3)CC2)C1. The largest absolute Gasteiger partial charge is 0.506 e. The van der Waals surface area contributed by atoms with Crippen molar-refractivity contribution in [1.29, 1.82) is 0 Å². The molecule has 1 spiro atoms. The number of likely N-dealkylation sites (tertiary alicyclic amines) is 1. The molecule has 7 rings (SSSR count). The third kappa shape index (κ3) is 6.83. The van der Waals surface area contributed by atoms with Gasteiger partial charge in [0.2, 0.25) is 0 Å². The molecular formula is C35H38FN5O5S. The lowest BCUT2D eigenvalue weighted by Gasteiger charge is -2.47. The number of ether oxygens (including phenoxy) is 1. The second kappa shape index (κ2) is 13.2. The minimum atomic E-state index is -0.873. The molecule has 5 aromatic rings. The Hall–Kier alpha value is -4.07. The highest BCUT2D eigenvalue weighted by atomic mass is 32.1. The van der Waals surface area contributed by atoms with Crippen molar-refractivity contribution in [2.24, 2.45) is 0 Å². The average Bonchev–Trinajstić information content (AvgIpc) is 3.70. The molecule has 2 aliphatic rings. The molecule has 12 heteroatoms. The number of hydrogen-bond donors (Lipinski definition) is 5. The van der Waals surface area contributed by atoms with E-state index in [9.17, 15) is 24.2 Å². The number of carbonyl (C=O) groups is 1. The Bertz CT molecular complexity index is 1960. The van der Waals surface area contributed by atoms with Gasteiger partial charge < -0.3 is 35.1 Å². The number of phenolic OH excluding ortho intramolecular Hbond substituents is 1. The molecule has 0 radical (unpaired) electrons. The number of amides is 1. The minimum absolute atomic E-state index is 0.0274. The van der Waals surface area contributed by atoms with E-state index in [1.54, 1.807) is 18.2 Å². The first-order valence-electron chi connectivity index (χ1n) is 16.0. The normalized spacial score (nSPS) is 17.5. The Kier molecular flexibility index (Phi) is 8.86. The van der Waals surface area contributed by atoms with E-state index in [-0.39, 0.29) is 34.5 Å². The Morgan fingerprint density at radius 2 is 1.91 bits per heavy atom. The molecule has 0 bridgehead atoms. The van der Waals surface area contributed by atoms with Crippen LogP contribution in [0.15, 0.2) is 65.6 Å². The van der Waals surface area contributed by atoms with Crippen LogP contribution in [0.4, 0.5) is 4.39 Å². The van der Waals surface area contributed by atoms with E-state index >= 15 is 0 Å². The van der Waals surface area contributed by atoms with Gasteiger partial charge in [-0.3, -0.25) is 14.5 Å². The van der Waals surface area contributed by atoms with Gasteiger partial charge in [-0.15, -0.1) is 0 Å². The molecule has 2 fully saturated rings. The number of aromatic nitrogens is 2. The van der Waals surface area contributed by atoms with Crippen LogP contribution >= 0.6 is 11.3 Å².